The minimum absolute atomic E-state index is 0.163. The number of methoxy groups -OCH3 is 1. The number of carbonyl (C=O) groups is 5. The van der Waals surface area contributed by atoms with Crippen LogP contribution in [0.1, 0.15) is 51.4 Å². The lowest BCUT2D eigenvalue weighted by Crippen LogP contribution is -2.62. The van der Waals surface area contributed by atoms with Crippen molar-refractivity contribution in [2.45, 2.75) is 56.9 Å². The van der Waals surface area contributed by atoms with Crippen LogP contribution in [0.2, 0.25) is 0 Å². The maximum atomic E-state index is 13.0. The standard InChI is InChI=1S/C20H27N3O6/c1-29-16(25)3-2-4-21-15(24)11-22-17(26)18(27)23(19(22)28)20-8-12-5-13(9-20)7-14(6-12)10-20/h12-14H,2-11H2,1H3,(H,21,24). The van der Waals surface area contributed by atoms with Gasteiger partial charge in [-0.3, -0.25) is 19.2 Å². The van der Waals surface area contributed by atoms with Gasteiger partial charge in [-0.2, -0.15) is 0 Å². The minimum atomic E-state index is -0.921. The third-order valence-electron chi connectivity index (χ3n) is 6.94. The zero-order valence-electron chi connectivity index (χ0n) is 16.6. The normalized spacial score (nSPS) is 32.9. The van der Waals surface area contributed by atoms with Crippen LogP contribution in [0.4, 0.5) is 4.79 Å². The average molecular weight is 405 g/mol. The van der Waals surface area contributed by atoms with Gasteiger partial charge in [0, 0.05) is 13.0 Å². The van der Waals surface area contributed by atoms with Crippen LogP contribution in [0.15, 0.2) is 0 Å². The van der Waals surface area contributed by atoms with E-state index in [1.165, 1.54) is 12.0 Å². The molecule has 0 spiro atoms. The van der Waals surface area contributed by atoms with Gasteiger partial charge in [0.2, 0.25) is 5.91 Å². The molecule has 9 nitrogen and oxygen atoms in total. The fourth-order valence-electron chi connectivity index (χ4n) is 6.16. The number of imide groups is 2. The summed E-state index contributed by atoms with van der Waals surface area (Å²) in [6.45, 7) is -0.263. The lowest BCUT2D eigenvalue weighted by Gasteiger charge is -2.58. The smallest absolute Gasteiger partial charge is 0.335 e. The molecular weight excluding hydrogens is 378 g/mol. The first kappa shape index (κ1) is 19.8. The number of nitrogens with zero attached hydrogens (tertiary/aromatic N) is 2. The van der Waals surface area contributed by atoms with Gasteiger partial charge in [-0.05, 0) is 62.7 Å². The first-order chi connectivity index (χ1) is 13.8. The van der Waals surface area contributed by atoms with E-state index in [1.807, 2.05) is 0 Å². The molecule has 0 aromatic carbocycles. The highest BCUT2D eigenvalue weighted by atomic mass is 16.5. The molecule has 1 saturated heterocycles. The van der Waals surface area contributed by atoms with Gasteiger partial charge in [0.25, 0.3) is 0 Å². The van der Waals surface area contributed by atoms with Crippen LogP contribution in [0.25, 0.3) is 0 Å². The molecule has 0 aromatic rings. The van der Waals surface area contributed by atoms with Crippen molar-refractivity contribution >= 4 is 29.7 Å². The third kappa shape index (κ3) is 3.51. The fraction of sp³-hybridized carbons (Fsp3) is 0.750. The van der Waals surface area contributed by atoms with Crippen molar-refractivity contribution in [1.82, 2.24) is 15.1 Å². The van der Waals surface area contributed by atoms with Crippen molar-refractivity contribution in [2.75, 3.05) is 20.2 Å². The molecule has 0 unspecified atom stereocenters. The third-order valence-corrected chi connectivity index (χ3v) is 6.94. The van der Waals surface area contributed by atoms with Crippen LogP contribution < -0.4 is 5.32 Å². The maximum absolute atomic E-state index is 13.0. The van der Waals surface area contributed by atoms with Crippen LogP contribution >= 0.6 is 0 Å². The molecule has 4 saturated carbocycles. The Morgan fingerprint density at radius 3 is 2.17 bits per heavy atom. The summed E-state index contributed by atoms with van der Waals surface area (Å²) < 4.78 is 4.52. The number of ether oxygens (including phenoxy) is 1. The summed E-state index contributed by atoms with van der Waals surface area (Å²) in [7, 11) is 1.29. The van der Waals surface area contributed by atoms with Crippen LogP contribution in [0.5, 0.6) is 0 Å². The van der Waals surface area contributed by atoms with Crippen LogP contribution in [-0.2, 0) is 23.9 Å². The number of amides is 5. The van der Waals surface area contributed by atoms with Crippen molar-refractivity contribution in [3.05, 3.63) is 0 Å². The van der Waals surface area contributed by atoms with E-state index in [9.17, 15) is 24.0 Å². The molecular formula is C20H27N3O6. The highest BCUT2D eigenvalue weighted by Gasteiger charge is 2.61. The number of urea groups is 1. The van der Waals surface area contributed by atoms with E-state index < -0.39 is 35.8 Å². The fourth-order valence-corrected chi connectivity index (χ4v) is 6.16. The van der Waals surface area contributed by atoms with E-state index in [1.54, 1.807) is 0 Å². The first-order valence-corrected chi connectivity index (χ1v) is 10.4. The van der Waals surface area contributed by atoms with Gasteiger partial charge in [-0.15, -0.1) is 0 Å². The summed E-state index contributed by atoms with van der Waals surface area (Å²) in [5.74, 6) is -1.07. The Morgan fingerprint density at radius 1 is 1.03 bits per heavy atom. The Balaban J connectivity index is 1.39. The van der Waals surface area contributed by atoms with E-state index >= 15 is 0 Å². The quantitative estimate of drug-likeness (QED) is 0.290. The molecule has 1 N–H and O–H groups in total. The monoisotopic (exact) mass is 405 g/mol. The van der Waals surface area contributed by atoms with Crippen LogP contribution in [0.3, 0.4) is 0 Å². The van der Waals surface area contributed by atoms with Crippen molar-refractivity contribution in [2.24, 2.45) is 17.8 Å². The number of hydrogen-bond donors (Lipinski definition) is 1. The minimum Gasteiger partial charge on any atom is -0.469 e. The van der Waals surface area contributed by atoms with E-state index in [-0.39, 0.29) is 18.9 Å². The van der Waals surface area contributed by atoms with E-state index in [0.717, 1.165) is 43.4 Å². The van der Waals surface area contributed by atoms with Crippen molar-refractivity contribution < 1.29 is 28.7 Å². The van der Waals surface area contributed by atoms with Gasteiger partial charge in [0.05, 0.1) is 12.6 Å². The van der Waals surface area contributed by atoms with Crippen LogP contribution in [-0.4, -0.2) is 65.3 Å². The zero-order chi connectivity index (χ0) is 20.8. The Morgan fingerprint density at radius 2 is 1.62 bits per heavy atom. The number of carbonyl (C=O) groups excluding carboxylic acids is 5. The molecule has 0 radical (unpaired) electrons. The summed E-state index contributed by atoms with van der Waals surface area (Å²) in [4.78, 5) is 63.4. The first-order valence-electron chi connectivity index (χ1n) is 10.4. The van der Waals surface area contributed by atoms with Gasteiger partial charge in [-0.1, -0.05) is 0 Å². The summed E-state index contributed by atoms with van der Waals surface area (Å²) in [5.41, 5.74) is -0.551. The van der Waals surface area contributed by atoms with E-state index in [0.29, 0.717) is 24.2 Å². The number of hydrogen-bond acceptors (Lipinski definition) is 6. The van der Waals surface area contributed by atoms with Gasteiger partial charge in [0.15, 0.2) is 0 Å². The number of nitrogens with one attached hydrogen (secondary N) is 1. The molecule has 0 aromatic heterocycles. The van der Waals surface area contributed by atoms with Gasteiger partial charge in [0.1, 0.15) is 6.54 Å². The second kappa shape index (κ2) is 7.42. The molecule has 5 amide bonds. The van der Waals surface area contributed by atoms with Crippen LogP contribution in [0, 0.1) is 17.8 Å². The molecule has 1 heterocycles. The highest BCUT2D eigenvalue weighted by molar-refractivity contribution is 6.45. The Labute approximate surface area is 169 Å². The zero-order valence-corrected chi connectivity index (χ0v) is 16.6. The molecule has 4 bridgehead atoms. The van der Waals surface area contributed by atoms with Crippen molar-refractivity contribution in [3.8, 4) is 0 Å². The Hall–Kier alpha value is -2.45. The second-order valence-corrected chi connectivity index (χ2v) is 8.99. The Bertz CT molecular complexity index is 728. The van der Waals surface area contributed by atoms with Gasteiger partial charge >= 0.3 is 23.8 Å². The summed E-state index contributed by atoms with van der Waals surface area (Å²) in [5, 5.41) is 2.57. The maximum Gasteiger partial charge on any atom is 0.335 e. The lowest BCUT2D eigenvalue weighted by atomic mass is 9.52. The Kier molecular flexibility index (Phi) is 5.08. The van der Waals surface area contributed by atoms with E-state index in [4.69, 9.17) is 0 Å². The molecule has 5 aliphatic rings. The molecule has 4 aliphatic carbocycles. The highest BCUT2D eigenvalue weighted by Crippen LogP contribution is 2.58. The van der Waals surface area contributed by atoms with E-state index in [2.05, 4.69) is 10.1 Å². The molecule has 9 heteroatoms. The predicted molar refractivity (Wildman–Crippen MR) is 99.1 cm³/mol. The molecule has 5 fully saturated rings. The number of esters is 1. The summed E-state index contributed by atoms with van der Waals surface area (Å²) >= 11 is 0. The van der Waals surface area contributed by atoms with Crippen molar-refractivity contribution in [1.29, 1.82) is 0 Å². The largest absolute Gasteiger partial charge is 0.469 e. The van der Waals surface area contributed by atoms with Crippen molar-refractivity contribution in [3.63, 3.8) is 0 Å². The topological polar surface area (TPSA) is 113 Å². The SMILES string of the molecule is COC(=O)CCCNC(=O)CN1C(=O)C(=O)N(C23CC4CC(CC(C4)C2)C3)C1=O. The second-order valence-electron chi connectivity index (χ2n) is 8.99. The molecule has 5 rings (SSSR count). The molecule has 158 valence electrons. The lowest BCUT2D eigenvalue weighted by molar-refractivity contribution is -0.150. The predicted octanol–water partition coefficient (Wildman–Crippen LogP) is 0.815. The number of rotatable bonds is 7. The average Bonchev–Trinajstić information content (AvgIpc) is 2.87. The molecule has 0 atom stereocenters. The molecule has 1 aliphatic heterocycles. The van der Waals surface area contributed by atoms with Gasteiger partial charge in [-0.25, -0.2) is 14.6 Å². The van der Waals surface area contributed by atoms with Gasteiger partial charge < -0.3 is 10.1 Å². The summed E-state index contributed by atoms with van der Waals surface area (Å²) in [6.07, 6.45) is 6.34. The molecule has 29 heavy (non-hydrogen) atoms. The summed E-state index contributed by atoms with van der Waals surface area (Å²) in [6, 6.07) is -0.660.